The van der Waals surface area contributed by atoms with Crippen LogP contribution in [0.25, 0.3) is 0 Å². The molecule has 0 aliphatic heterocycles. The van der Waals surface area contributed by atoms with Crippen LogP contribution in [0.15, 0.2) is 29.2 Å². The van der Waals surface area contributed by atoms with E-state index in [9.17, 15) is 22.6 Å². The molecule has 6 nitrogen and oxygen atoms in total. The molecule has 0 spiro atoms. The van der Waals surface area contributed by atoms with Crippen molar-refractivity contribution < 1.29 is 73.9 Å². The smallest absolute Gasteiger partial charge is 0.744 e. The zero-order valence-corrected chi connectivity index (χ0v) is 15.8. The standard InChI is InChI=1S/C11H13NO5S2.K/c1-8(13)18-7-6-11(14)12-9-2-4-10(5-3-9)19(15,16)17;/h2-5H,6-7H2,1H3,(H,12,14)(H,15,16,17);/q;+1/p-1. The van der Waals surface area contributed by atoms with Crippen LogP contribution in [0.4, 0.5) is 5.69 Å². The van der Waals surface area contributed by atoms with Crippen molar-refractivity contribution in [2.24, 2.45) is 0 Å². The molecule has 0 saturated heterocycles. The van der Waals surface area contributed by atoms with Crippen molar-refractivity contribution in [3.05, 3.63) is 24.3 Å². The van der Waals surface area contributed by atoms with Crippen LogP contribution in [0.5, 0.6) is 0 Å². The molecule has 0 unspecified atom stereocenters. The minimum Gasteiger partial charge on any atom is -0.744 e. The molecule has 0 atom stereocenters. The monoisotopic (exact) mass is 341 g/mol. The maximum Gasteiger partial charge on any atom is 1.00 e. The van der Waals surface area contributed by atoms with Crippen LogP contribution in [0.1, 0.15) is 13.3 Å². The average Bonchev–Trinajstić information content (AvgIpc) is 2.27. The van der Waals surface area contributed by atoms with Gasteiger partial charge in [0.15, 0.2) is 5.12 Å². The summed E-state index contributed by atoms with van der Waals surface area (Å²) in [6.07, 6.45) is 0.172. The number of anilines is 1. The van der Waals surface area contributed by atoms with E-state index < -0.39 is 10.1 Å². The summed E-state index contributed by atoms with van der Waals surface area (Å²) in [5, 5.41) is 2.48. The Morgan fingerprint density at radius 3 is 2.25 bits per heavy atom. The molecule has 1 aromatic rings. The summed E-state index contributed by atoms with van der Waals surface area (Å²) in [6.45, 7) is 1.42. The number of carbonyl (C=O) groups is 2. The van der Waals surface area contributed by atoms with E-state index in [1.165, 1.54) is 19.1 Å². The van der Waals surface area contributed by atoms with Gasteiger partial charge in [-0.1, -0.05) is 11.8 Å². The largest absolute Gasteiger partial charge is 1.00 e. The van der Waals surface area contributed by atoms with Gasteiger partial charge in [0.2, 0.25) is 5.91 Å². The minimum atomic E-state index is -4.48. The summed E-state index contributed by atoms with van der Waals surface area (Å²) >= 11 is 1.06. The molecule has 0 heterocycles. The van der Waals surface area contributed by atoms with Gasteiger partial charge in [0, 0.05) is 24.8 Å². The number of nitrogens with one attached hydrogen (secondary N) is 1. The molecule has 0 fully saturated rings. The zero-order chi connectivity index (χ0) is 14.5. The van der Waals surface area contributed by atoms with Crippen LogP contribution in [0.3, 0.4) is 0 Å². The first-order chi connectivity index (χ1) is 8.79. The molecule has 0 aromatic heterocycles. The summed E-state index contributed by atoms with van der Waals surface area (Å²) in [5.41, 5.74) is 0.394. The van der Waals surface area contributed by atoms with Crippen molar-refractivity contribution in [2.75, 3.05) is 11.1 Å². The van der Waals surface area contributed by atoms with Gasteiger partial charge in [-0.2, -0.15) is 0 Å². The molecule has 1 N–H and O–H groups in total. The fourth-order valence-electron chi connectivity index (χ4n) is 1.22. The van der Waals surface area contributed by atoms with Gasteiger partial charge in [0.25, 0.3) is 0 Å². The van der Waals surface area contributed by atoms with E-state index in [4.69, 9.17) is 0 Å². The number of thioether (sulfide) groups is 1. The molecule has 104 valence electrons. The second kappa shape index (κ2) is 9.31. The Morgan fingerprint density at radius 1 is 1.25 bits per heavy atom. The Hall–Kier alpha value is 0.256. The maximum atomic E-state index is 11.5. The molecular weight excluding hydrogens is 329 g/mol. The van der Waals surface area contributed by atoms with E-state index in [1.54, 1.807) is 0 Å². The van der Waals surface area contributed by atoms with Crippen molar-refractivity contribution in [2.45, 2.75) is 18.2 Å². The molecular formula is C11H12KNO5S2. The van der Waals surface area contributed by atoms with Gasteiger partial charge in [0.05, 0.1) is 4.90 Å². The van der Waals surface area contributed by atoms with Gasteiger partial charge < -0.3 is 9.87 Å². The van der Waals surface area contributed by atoms with Crippen molar-refractivity contribution in [1.82, 2.24) is 0 Å². The van der Waals surface area contributed by atoms with Crippen LogP contribution in [-0.4, -0.2) is 29.7 Å². The van der Waals surface area contributed by atoms with Crippen LogP contribution < -0.4 is 56.7 Å². The Morgan fingerprint density at radius 2 is 1.80 bits per heavy atom. The topological polar surface area (TPSA) is 103 Å². The third-order valence-corrected chi connectivity index (χ3v) is 3.73. The van der Waals surface area contributed by atoms with Crippen LogP contribution in [-0.2, 0) is 19.7 Å². The molecule has 0 radical (unpaired) electrons. The number of rotatable bonds is 5. The van der Waals surface area contributed by atoms with Crippen molar-refractivity contribution in [3.8, 4) is 0 Å². The molecule has 9 heteroatoms. The van der Waals surface area contributed by atoms with Crippen molar-refractivity contribution >= 4 is 38.6 Å². The van der Waals surface area contributed by atoms with Gasteiger partial charge in [-0.05, 0) is 24.3 Å². The van der Waals surface area contributed by atoms with E-state index in [0.717, 1.165) is 23.9 Å². The first-order valence-electron chi connectivity index (χ1n) is 5.28. The van der Waals surface area contributed by atoms with Gasteiger partial charge in [0.1, 0.15) is 10.1 Å². The fraction of sp³-hybridized carbons (Fsp3) is 0.273. The third kappa shape index (κ3) is 7.89. The Kier molecular flexibility index (Phi) is 9.43. The summed E-state index contributed by atoms with van der Waals surface area (Å²) in [4.78, 5) is 21.8. The number of amides is 1. The fourth-order valence-corrected chi connectivity index (χ4v) is 2.26. The molecule has 0 saturated carbocycles. The summed E-state index contributed by atoms with van der Waals surface area (Å²) in [5.74, 6) is 0.0975. The third-order valence-electron chi connectivity index (χ3n) is 2.06. The Bertz CT molecular complexity index is 571. The average molecular weight is 341 g/mol. The van der Waals surface area contributed by atoms with Gasteiger partial charge in [-0.15, -0.1) is 0 Å². The molecule has 1 amide bonds. The molecule has 0 bridgehead atoms. The predicted molar refractivity (Wildman–Crippen MR) is 70.8 cm³/mol. The van der Waals surface area contributed by atoms with E-state index in [0.29, 0.717) is 11.4 Å². The first-order valence-corrected chi connectivity index (χ1v) is 7.67. The zero-order valence-electron chi connectivity index (χ0n) is 11.1. The van der Waals surface area contributed by atoms with Gasteiger partial charge in [-0.25, -0.2) is 8.42 Å². The van der Waals surface area contributed by atoms with Crippen LogP contribution >= 0.6 is 11.8 Å². The number of hydrogen-bond acceptors (Lipinski definition) is 6. The molecule has 1 aromatic carbocycles. The van der Waals surface area contributed by atoms with Crippen LogP contribution in [0.2, 0.25) is 0 Å². The Balaban J connectivity index is 0.00000361. The SMILES string of the molecule is CC(=O)SCCC(=O)Nc1ccc(S(=O)(=O)[O-])cc1.[K+]. The maximum absolute atomic E-state index is 11.5. The van der Waals surface area contributed by atoms with Crippen LogP contribution in [0, 0.1) is 0 Å². The van der Waals surface area contributed by atoms with Gasteiger partial charge >= 0.3 is 51.4 Å². The predicted octanol–water partition coefficient (Wildman–Crippen LogP) is -1.80. The number of benzene rings is 1. The van der Waals surface area contributed by atoms with Crippen molar-refractivity contribution in [3.63, 3.8) is 0 Å². The van der Waals surface area contributed by atoms with E-state index in [1.807, 2.05) is 0 Å². The first kappa shape index (κ1) is 20.3. The summed E-state index contributed by atoms with van der Waals surface area (Å²) < 4.78 is 32.1. The number of hydrogen-bond donors (Lipinski definition) is 1. The van der Waals surface area contributed by atoms with E-state index in [-0.39, 0.29) is 73.7 Å². The number of carbonyl (C=O) groups excluding carboxylic acids is 2. The minimum absolute atomic E-state index is 0. The van der Waals surface area contributed by atoms with E-state index in [2.05, 4.69) is 5.32 Å². The van der Waals surface area contributed by atoms with Crippen molar-refractivity contribution in [1.29, 1.82) is 0 Å². The Labute approximate surface area is 164 Å². The molecule has 20 heavy (non-hydrogen) atoms. The second-order valence-electron chi connectivity index (χ2n) is 3.62. The molecule has 0 aliphatic rings. The van der Waals surface area contributed by atoms with E-state index >= 15 is 0 Å². The summed E-state index contributed by atoms with van der Waals surface area (Å²) in [7, 11) is -4.48. The normalized spacial score (nSPS) is 10.5. The quantitative estimate of drug-likeness (QED) is 0.501. The van der Waals surface area contributed by atoms with Gasteiger partial charge in [-0.3, -0.25) is 9.59 Å². The molecule has 1 rings (SSSR count). The second-order valence-corrected chi connectivity index (χ2v) is 6.27. The molecule has 0 aliphatic carbocycles. The summed E-state index contributed by atoms with van der Waals surface area (Å²) in [6, 6.07) is 4.92.